The Kier molecular flexibility index (Phi) is 8.37. The molecule has 0 saturated heterocycles. The van der Waals surface area contributed by atoms with Gasteiger partial charge in [0.25, 0.3) is 0 Å². The van der Waals surface area contributed by atoms with Gasteiger partial charge in [0.2, 0.25) is 15.9 Å². The molecule has 0 aromatic heterocycles. The second-order valence-corrected chi connectivity index (χ2v) is 10.1. The molecule has 0 spiro atoms. The summed E-state index contributed by atoms with van der Waals surface area (Å²) in [6.45, 7) is 1.35. The number of methoxy groups -OCH3 is 1. The van der Waals surface area contributed by atoms with E-state index >= 15 is 0 Å². The summed E-state index contributed by atoms with van der Waals surface area (Å²) in [5.41, 5.74) is 1.37. The SMILES string of the molecule is COc1ccccc1[C@@H](C)NC(=O)CN(Cc1ccccc1Cl)S(=O)(=O)c1ccc(Cl)cc1. The van der Waals surface area contributed by atoms with E-state index in [0.717, 1.165) is 9.87 Å². The van der Waals surface area contributed by atoms with Crippen LogP contribution in [0.2, 0.25) is 10.0 Å². The summed E-state index contributed by atoms with van der Waals surface area (Å²) in [4.78, 5) is 13.0. The van der Waals surface area contributed by atoms with E-state index in [0.29, 0.717) is 21.4 Å². The molecule has 0 saturated carbocycles. The number of ether oxygens (including phenoxy) is 1. The third-order valence-electron chi connectivity index (χ3n) is 5.06. The van der Waals surface area contributed by atoms with E-state index in [1.54, 1.807) is 37.4 Å². The lowest BCUT2D eigenvalue weighted by Gasteiger charge is -2.24. The fourth-order valence-electron chi connectivity index (χ4n) is 3.35. The highest BCUT2D eigenvalue weighted by atomic mass is 35.5. The summed E-state index contributed by atoms with van der Waals surface area (Å²) in [5, 5.41) is 3.68. The molecule has 1 amide bonds. The zero-order valence-electron chi connectivity index (χ0n) is 18.2. The smallest absolute Gasteiger partial charge is 0.243 e. The van der Waals surface area contributed by atoms with Crippen LogP contribution >= 0.6 is 23.2 Å². The maximum Gasteiger partial charge on any atom is 0.243 e. The molecule has 0 aliphatic rings. The van der Waals surface area contributed by atoms with Gasteiger partial charge in [0.1, 0.15) is 5.75 Å². The number of halogens is 2. The largest absolute Gasteiger partial charge is 0.496 e. The Morgan fingerprint density at radius 1 is 1.00 bits per heavy atom. The van der Waals surface area contributed by atoms with Crippen LogP contribution in [0.3, 0.4) is 0 Å². The Labute approximate surface area is 204 Å². The second kappa shape index (κ2) is 11.0. The molecule has 6 nitrogen and oxygen atoms in total. The van der Waals surface area contributed by atoms with Crippen molar-refractivity contribution in [3.63, 3.8) is 0 Å². The minimum Gasteiger partial charge on any atom is -0.496 e. The van der Waals surface area contributed by atoms with E-state index in [2.05, 4.69) is 5.32 Å². The average Bonchev–Trinajstić information content (AvgIpc) is 2.80. The maximum atomic E-state index is 13.4. The summed E-state index contributed by atoms with van der Waals surface area (Å²) in [6, 6.07) is 19.6. The van der Waals surface area contributed by atoms with E-state index in [1.165, 1.54) is 24.3 Å². The molecule has 0 aliphatic heterocycles. The van der Waals surface area contributed by atoms with Gasteiger partial charge in [-0.05, 0) is 48.9 Å². The molecule has 33 heavy (non-hydrogen) atoms. The van der Waals surface area contributed by atoms with Crippen LogP contribution in [0.15, 0.2) is 77.7 Å². The van der Waals surface area contributed by atoms with Crippen LogP contribution in [0.4, 0.5) is 0 Å². The van der Waals surface area contributed by atoms with Crippen molar-refractivity contribution < 1.29 is 17.9 Å². The van der Waals surface area contributed by atoms with Gasteiger partial charge in [0.05, 0.1) is 24.6 Å². The van der Waals surface area contributed by atoms with Crippen LogP contribution in [-0.4, -0.2) is 32.3 Å². The normalized spacial score (nSPS) is 12.4. The molecule has 0 heterocycles. The first-order valence-corrected chi connectivity index (χ1v) is 12.3. The van der Waals surface area contributed by atoms with Crippen molar-refractivity contribution in [3.8, 4) is 5.75 Å². The van der Waals surface area contributed by atoms with Crippen LogP contribution in [-0.2, 0) is 21.4 Å². The summed E-state index contributed by atoms with van der Waals surface area (Å²) in [7, 11) is -2.46. The van der Waals surface area contributed by atoms with Gasteiger partial charge in [-0.3, -0.25) is 4.79 Å². The van der Waals surface area contributed by atoms with Crippen LogP contribution < -0.4 is 10.1 Å². The summed E-state index contributed by atoms with van der Waals surface area (Å²) in [6.07, 6.45) is 0. The molecule has 174 valence electrons. The number of nitrogens with one attached hydrogen (secondary N) is 1. The molecule has 1 atom stereocenters. The van der Waals surface area contributed by atoms with Crippen molar-refractivity contribution in [2.45, 2.75) is 24.4 Å². The first-order chi connectivity index (χ1) is 15.7. The van der Waals surface area contributed by atoms with E-state index in [4.69, 9.17) is 27.9 Å². The number of hydrogen-bond acceptors (Lipinski definition) is 4. The first-order valence-electron chi connectivity index (χ1n) is 10.1. The van der Waals surface area contributed by atoms with Crippen molar-refractivity contribution >= 4 is 39.1 Å². The van der Waals surface area contributed by atoms with Gasteiger partial charge in [-0.2, -0.15) is 4.31 Å². The fourth-order valence-corrected chi connectivity index (χ4v) is 5.04. The summed E-state index contributed by atoms with van der Waals surface area (Å²) in [5.74, 6) is 0.171. The third-order valence-corrected chi connectivity index (χ3v) is 7.49. The lowest BCUT2D eigenvalue weighted by Crippen LogP contribution is -2.41. The lowest BCUT2D eigenvalue weighted by atomic mass is 10.1. The molecule has 1 N–H and O–H groups in total. The van der Waals surface area contributed by atoms with Gasteiger partial charge in [-0.1, -0.05) is 59.6 Å². The topological polar surface area (TPSA) is 75.7 Å². The van der Waals surface area contributed by atoms with E-state index in [-0.39, 0.29) is 11.4 Å². The molecular weight excluding hydrogens is 483 g/mol. The van der Waals surface area contributed by atoms with Gasteiger partial charge in [-0.25, -0.2) is 8.42 Å². The molecule has 3 rings (SSSR count). The number of sulfonamides is 1. The Morgan fingerprint density at radius 2 is 1.64 bits per heavy atom. The number of carbonyl (C=O) groups excluding carboxylic acids is 1. The van der Waals surface area contributed by atoms with E-state index < -0.39 is 28.5 Å². The van der Waals surface area contributed by atoms with E-state index in [9.17, 15) is 13.2 Å². The first kappa shape index (κ1) is 25.1. The number of carbonyl (C=O) groups is 1. The molecule has 0 aliphatic carbocycles. The summed E-state index contributed by atoms with van der Waals surface area (Å²) >= 11 is 12.2. The highest BCUT2D eigenvalue weighted by Gasteiger charge is 2.28. The van der Waals surface area contributed by atoms with Gasteiger partial charge in [0.15, 0.2) is 0 Å². The number of hydrogen-bond donors (Lipinski definition) is 1. The van der Waals surface area contributed by atoms with Crippen molar-refractivity contribution in [1.82, 2.24) is 9.62 Å². The minimum atomic E-state index is -4.01. The number of rotatable bonds is 9. The van der Waals surface area contributed by atoms with Gasteiger partial charge in [-0.15, -0.1) is 0 Å². The standard InChI is InChI=1S/C24H24Cl2N2O4S/c1-17(21-8-4-6-10-23(21)32-2)27-24(29)16-28(15-18-7-3-5-9-22(18)26)33(30,31)20-13-11-19(25)12-14-20/h3-14,17H,15-16H2,1-2H3,(H,27,29)/t17-/m1/s1. The van der Waals surface area contributed by atoms with Gasteiger partial charge in [0, 0.05) is 22.2 Å². The molecule has 0 bridgehead atoms. The Balaban J connectivity index is 1.86. The van der Waals surface area contributed by atoms with Crippen molar-refractivity contribution in [3.05, 3.63) is 94.0 Å². The lowest BCUT2D eigenvalue weighted by molar-refractivity contribution is -0.122. The quantitative estimate of drug-likeness (QED) is 0.439. The monoisotopic (exact) mass is 506 g/mol. The number of amides is 1. The zero-order chi connectivity index (χ0) is 24.0. The predicted molar refractivity (Wildman–Crippen MR) is 130 cm³/mol. The molecule has 0 radical (unpaired) electrons. The zero-order valence-corrected chi connectivity index (χ0v) is 20.5. The number of para-hydroxylation sites is 1. The maximum absolute atomic E-state index is 13.4. The molecule has 0 unspecified atom stereocenters. The van der Waals surface area contributed by atoms with Crippen molar-refractivity contribution in [2.75, 3.05) is 13.7 Å². The number of nitrogens with zero attached hydrogens (tertiary/aromatic N) is 1. The predicted octanol–water partition coefficient (Wildman–Crippen LogP) is 5.07. The number of benzene rings is 3. The fraction of sp³-hybridized carbons (Fsp3) is 0.208. The Bertz CT molecular complexity index is 1220. The van der Waals surface area contributed by atoms with Gasteiger partial charge < -0.3 is 10.1 Å². The molecule has 3 aromatic rings. The van der Waals surface area contributed by atoms with Crippen LogP contribution in [0.1, 0.15) is 24.1 Å². The Morgan fingerprint density at radius 3 is 2.30 bits per heavy atom. The average molecular weight is 507 g/mol. The minimum absolute atomic E-state index is 0.0320. The van der Waals surface area contributed by atoms with Crippen LogP contribution in [0.25, 0.3) is 0 Å². The molecule has 0 fully saturated rings. The van der Waals surface area contributed by atoms with Crippen molar-refractivity contribution in [2.24, 2.45) is 0 Å². The molecule has 9 heteroatoms. The molecular formula is C24H24Cl2N2O4S. The van der Waals surface area contributed by atoms with Crippen molar-refractivity contribution in [1.29, 1.82) is 0 Å². The van der Waals surface area contributed by atoms with Gasteiger partial charge >= 0.3 is 0 Å². The Hall–Kier alpha value is -2.58. The van der Waals surface area contributed by atoms with Crippen LogP contribution in [0, 0.1) is 0 Å². The highest BCUT2D eigenvalue weighted by Crippen LogP contribution is 2.26. The van der Waals surface area contributed by atoms with Crippen LogP contribution in [0.5, 0.6) is 5.75 Å². The highest BCUT2D eigenvalue weighted by molar-refractivity contribution is 7.89. The van der Waals surface area contributed by atoms with E-state index in [1.807, 2.05) is 25.1 Å². The third kappa shape index (κ3) is 6.26. The second-order valence-electron chi connectivity index (χ2n) is 7.35. The molecule has 3 aromatic carbocycles. The summed E-state index contributed by atoms with van der Waals surface area (Å²) < 4.78 is 33.2.